The molecule has 0 atom stereocenters. The lowest BCUT2D eigenvalue weighted by Crippen LogP contribution is -2.24. The summed E-state index contributed by atoms with van der Waals surface area (Å²) >= 11 is 11.7. The summed E-state index contributed by atoms with van der Waals surface area (Å²) in [5.74, 6) is -0.347. The van der Waals surface area contributed by atoms with Crippen LogP contribution in [0.25, 0.3) is 0 Å². The van der Waals surface area contributed by atoms with Crippen molar-refractivity contribution in [2.75, 3.05) is 0 Å². The molecule has 0 saturated heterocycles. The number of halogens is 2. The van der Waals surface area contributed by atoms with Crippen LogP contribution in [0.3, 0.4) is 0 Å². The molecule has 98 valence electrons. The minimum Gasteiger partial charge on any atom is -0.267 e. The first-order valence-corrected chi connectivity index (χ1v) is 6.27. The van der Waals surface area contributed by atoms with Gasteiger partial charge in [0.05, 0.1) is 10.6 Å². The average Bonchev–Trinajstić information content (AvgIpc) is 2.24. The summed E-state index contributed by atoms with van der Waals surface area (Å²) in [6.07, 6.45) is 0. The van der Waals surface area contributed by atoms with Crippen LogP contribution in [0.2, 0.25) is 10.0 Å². The number of amides is 1. The maximum absolute atomic E-state index is 11.9. The van der Waals surface area contributed by atoms with Gasteiger partial charge in [-0.1, -0.05) is 44.0 Å². The van der Waals surface area contributed by atoms with E-state index in [1.807, 2.05) is 27.7 Å². The number of nitrogens with zero attached hydrogens (tertiary/aromatic N) is 1. The number of hydrogen-bond acceptors (Lipinski definition) is 2. The van der Waals surface area contributed by atoms with Crippen molar-refractivity contribution >= 4 is 34.8 Å². The van der Waals surface area contributed by atoms with Crippen molar-refractivity contribution in [1.82, 2.24) is 5.43 Å². The molecular weight excluding hydrogens is 271 g/mol. The van der Waals surface area contributed by atoms with Crippen molar-refractivity contribution in [1.29, 1.82) is 0 Å². The Kier molecular flexibility index (Phi) is 4.77. The normalized spacial score (nSPS) is 12.4. The van der Waals surface area contributed by atoms with E-state index in [9.17, 15) is 4.79 Å². The summed E-state index contributed by atoms with van der Waals surface area (Å²) in [5.41, 5.74) is 3.59. The van der Waals surface area contributed by atoms with E-state index in [2.05, 4.69) is 10.5 Å². The molecule has 1 aromatic carbocycles. The van der Waals surface area contributed by atoms with Crippen molar-refractivity contribution in [2.24, 2.45) is 10.5 Å². The smallest absolute Gasteiger partial charge is 0.267 e. The third-order valence-corrected chi connectivity index (χ3v) is 3.13. The predicted octanol–water partition coefficient (Wildman–Crippen LogP) is 4.15. The predicted molar refractivity (Wildman–Crippen MR) is 76.5 cm³/mol. The Bertz CT molecular complexity index is 490. The highest BCUT2D eigenvalue weighted by Gasteiger charge is 2.15. The number of hydrogen-bond donors (Lipinski definition) is 1. The average molecular weight is 287 g/mol. The van der Waals surface area contributed by atoms with E-state index in [1.165, 1.54) is 6.07 Å². The van der Waals surface area contributed by atoms with Crippen LogP contribution in [-0.4, -0.2) is 11.6 Å². The van der Waals surface area contributed by atoms with Crippen molar-refractivity contribution in [3.8, 4) is 0 Å². The van der Waals surface area contributed by atoms with E-state index < -0.39 is 0 Å². The fraction of sp³-hybridized carbons (Fsp3) is 0.385. The fourth-order valence-corrected chi connectivity index (χ4v) is 1.53. The molecule has 0 spiro atoms. The SMILES string of the molecule is C/C(=N/NC(=O)c1ccc(Cl)cc1Cl)C(C)(C)C. The molecule has 0 aliphatic carbocycles. The zero-order valence-corrected chi connectivity index (χ0v) is 12.4. The molecule has 3 nitrogen and oxygen atoms in total. The molecular formula is C13H16Cl2N2O. The summed E-state index contributed by atoms with van der Waals surface area (Å²) in [6.45, 7) is 7.93. The second-order valence-electron chi connectivity index (χ2n) is 5.01. The molecule has 0 aromatic heterocycles. The van der Waals surface area contributed by atoms with Crippen LogP contribution in [0.15, 0.2) is 23.3 Å². The van der Waals surface area contributed by atoms with Crippen molar-refractivity contribution in [3.63, 3.8) is 0 Å². The highest BCUT2D eigenvalue weighted by Crippen LogP contribution is 2.21. The number of hydrazone groups is 1. The van der Waals surface area contributed by atoms with Gasteiger partial charge in [-0.3, -0.25) is 4.79 Å². The Morgan fingerprint density at radius 1 is 1.28 bits per heavy atom. The molecule has 0 aliphatic rings. The molecule has 1 amide bonds. The molecule has 18 heavy (non-hydrogen) atoms. The maximum Gasteiger partial charge on any atom is 0.272 e. The van der Waals surface area contributed by atoms with Crippen LogP contribution < -0.4 is 5.43 Å². The van der Waals surface area contributed by atoms with Gasteiger partial charge in [0.2, 0.25) is 0 Å². The number of benzene rings is 1. The first kappa shape index (κ1) is 15.0. The number of carbonyl (C=O) groups is 1. The molecule has 5 heteroatoms. The number of nitrogens with one attached hydrogen (secondary N) is 1. The van der Waals surface area contributed by atoms with Gasteiger partial charge in [0, 0.05) is 16.1 Å². The lowest BCUT2D eigenvalue weighted by atomic mass is 9.91. The van der Waals surface area contributed by atoms with E-state index in [-0.39, 0.29) is 11.3 Å². The molecule has 0 fully saturated rings. The van der Waals surface area contributed by atoms with Crippen LogP contribution in [0, 0.1) is 5.41 Å². The first-order valence-electron chi connectivity index (χ1n) is 5.52. The fourth-order valence-electron chi connectivity index (χ4n) is 1.04. The topological polar surface area (TPSA) is 41.5 Å². The number of carbonyl (C=O) groups excluding carboxylic acids is 1. The van der Waals surface area contributed by atoms with E-state index in [0.29, 0.717) is 15.6 Å². The summed E-state index contributed by atoms with van der Waals surface area (Å²) in [7, 11) is 0. The third-order valence-electron chi connectivity index (χ3n) is 2.59. The van der Waals surface area contributed by atoms with Crippen LogP contribution in [-0.2, 0) is 0 Å². The number of rotatable bonds is 2. The minimum atomic E-state index is -0.347. The van der Waals surface area contributed by atoms with Crippen LogP contribution in [0.5, 0.6) is 0 Å². The standard InChI is InChI=1S/C13H16Cl2N2O/c1-8(13(2,3)4)16-17-12(18)10-6-5-9(14)7-11(10)15/h5-7H,1-4H3,(H,17,18)/b16-8-. The Hall–Kier alpha value is -1.06. The first-order chi connectivity index (χ1) is 8.21. The van der Waals surface area contributed by atoms with Gasteiger partial charge in [-0.2, -0.15) is 5.10 Å². The van der Waals surface area contributed by atoms with E-state index >= 15 is 0 Å². The lowest BCUT2D eigenvalue weighted by molar-refractivity contribution is 0.0954. The van der Waals surface area contributed by atoms with Gasteiger partial charge in [-0.05, 0) is 25.1 Å². The van der Waals surface area contributed by atoms with Gasteiger partial charge < -0.3 is 0 Å². The van der Waals surface area contributed by atoms with Gasteiger partial charge >= 0.3 is 0 Å². The summed E-state index contributed by atoms with van der Waals surface area (Å²) in [5, 5.41) is 4.86. The van der Waals surface area contributed by atoms with Crippen molar-refractivity contribution in [2.45, 2.75) is 27.7 Å². The lowest BCUT2D eigenvalue weighted by Gasteiger charge is -2.17. The largest absolute Gasteiger partial charge is 0.272 e. The molecule has 0 aliphatic heterocycles. The van der Waals surface area contributed by atoms with Gasteiger partial charge in [0.1, 0.15) is 0 Å². The summed E-state index contributed by atoms with van der Waals surface area (Å²) in [6, 6.07) is 4.71. The van der Waals surface area contributed by atoms with Crippen LogP contribution >= 0.6 is 23.2 Å². The highest BCUT2D eigenvalue weighted by atomic mass is 35.5. The maximum atomic E-state index is 11.9. The van der Waals surface area contributed by atoms with Gasteiger partial charge in [0.25, 0.3) is 5.91 Å². The Morgan fingerprint density at radius 3 is 2.39 bits per heavy atom. The minimum absolute atomic E-state index is 0.0862. The molecule has 0 heterocycles. The Balaban J connectivity index is 2.84. The highest BCUT2D eigenvalue weighted by molar-refractivity contribution is 6.36. The van der Waals surface area contributed by atoms with Crippen molar-refractivity contribution in [3.05, 3.63) is 33.8 Å². The second-order valence-corrected chi connectivity index (χ2v) is 5.86. The van der Waals surface area contributed by atoms with Crippen molar-refractivity contribution < 1.29 is 4.79 Å². The van der Waals surface area contributed by atoms with E-state index in [0.717, 1.165) is 5.71 Å². The van der Waals surface area contributed by atoms with Crippen LogP contribution in [0.1, 0.15) is 38.1 Å². The van der Waals surface area contributed by atoms with Gasteiger partial charge in [-0.25, -0.2) is 5.43 Å². The van der Waals surface area contributed by atoms with Gasteiger partial charge in [-0.15, -0.1) is 0 Å². The second kappa shape index (κ2) is 5.72. The van der Waals surface area contributed by atoms with E-state index in [1.54, 1.807) is 12.1 Å². The van der Waals surface area contributed by atoms with Crippen LogP contribution in [0.4, 0.5) is 0 Å². The molecule has 0 saturated carbocycles. The summed E-state index contributed by atoms with van der Waals surface area (Å²) < 4.78 is 0. The zero-order chi connectivity index (χ0) is 13.9. The molecule has 1 N–H and O–H groups in total. The molecule has 0 radical (unpaired) electrons. The third kappa shape index (κ3) is 4.00. The molecule has 1 rings (SSSR count). The van der Waals surface area contributed by atoms with E-state index in [4.69, 9.17) is 23.2 Å². The molecule has 0 unspecified atom stereocenters. The monoisotopic (exact) mass is 286 g/mol. The molecule has 0 bridgehead atoms. The molecule has 1 aromatic rings. The van der Waals surface area contributed by atoms with Gasteiger partial charge in [0.15, 0.2) is 0 Å². The zero-order valence-electron chi connectivity index (χ0n) is 10.8. The Labute approximate surface area is 117 Å². The Morgan fingerprint density at radius 2 is 1.89 bits per heavy atom. The quantitative estimate of drug-likeness (QED) is 0.644. The summed E-state index contributed by atoms with van der Waals surface area (Å²) in [4.78, 5) is 11.9.